The first-order valence-electron chi connectivity index (χ1n) is 8.12. The van der Waals surface area contributed by atoms with Gasteiger partial charge in [-0.3, -0.25) is 9.69 Å². The number of nitrogens with one attached hydrogen (secondary N) is 1. The number of amides is 1. The average Bonchev–Trinajstić information content (AvgIpc) is 2.97. The third-order valence-corrected chi connectivity index (χ3v) is 4.36. The van der Waals surface area contributed by atoms with E-state index in [-0.39, 0.29) is 5.91 Å². The lowest BCUT2D eigenvalue weighted by molar-refractivity contribution is 0.0947. The molecule has 0 spiro atoms. The Bertz CT molecular complexity index is 539. The van der Waals surface area contributed by atoms with Gasteiger partial charge in [0.2, 0.25) is 0 Å². The molecule has 4 heteroatoms. The second-order valence-electron chi connectivity index (χ2n) is 6.03. The number of hydrogen-bond acceptors (Lipinski definition) is 3. The second-order valence-corrected chi connectivity index (χ2v) is 6.03. The summed E-state index contributed by atoms with van der Waals surface area (Å²) in [6.07, 6.45) is 4.48. The molecule has 22 heavy (non-hydrogen) atoms. The summed E-state index contributed by atoms with van der Waals surface area (Å²) < 4.78 is 0. The lowest BCUT2D eigenvalue weighted by atomic mass is 10.1. The van der Waals surface area contributed by atoms with Crippen LogP contribution >= 0.6 is 0 Å². The van der Waals surface area contributed by atoms with Crippen molar-refractivity contribution in [3.63, 3.8) is 0 Å². The summed E-state index contributed by atoms with van der Waals surface area (Å²) in [5, 5.41) is 3.03. The van der Waals surface area contributed by atoms with E-state index in [1.807, 2.05) is 6.07 Å². The molecule has 120 valence electrons. The van der Waals surface area contributed by atoms with Gasteiger partial charge in [-0.2, -0.15) is 0 Å². The molecule has 0 saturated carbocycles. The zero-order valence-corrected chi connectivity index (χ0v) is 13.6. The predicted octanol–water partition coefficient (Wildman–Crippen LogP) is 2.68. The van der Waals surface area contributed by atoms with E-state index in [0.29, 0.717) is 17.2 Å². The fourth-order valence-corrected chi connectivity index (χ4v) is 2.94. The molecule has 1 aliphatic rings. The molecule has 0 radical (unpaired) electrons. The van der Waals surface area contributed by atoms with Gasteiger partial charge in [-0.1, -0.05) is 24.6 Å². The molecule has 2 rings (SSSR count). The number of anilines is 1. The second kappa shape index (κ2) is 7.99. The van der Waals surface area contributed by atoms with Gasteiger partial charge in [0.05, 0.1) is 0 Å². The van der Waals surface area contributed by atoms with Gasteiger partial charge >= 0.3 is 0 Å². The van der Waals surface area contributed by atoms with Gasteiger partial charge in [-0.05, 0) is 50.4 Å². The largest absolute Gasteiger partial charge is 0.399 e. The predicted molar refractivity (Wildman–Crippen MR) is 91.8 cm³/mol. The molecule has 1 saturated heterocycles. The molecule has 3 N–H and O–H groups in total. The van der Waals surface area contributed by atoms with Gasteiger partial charge in [-0.15, -0.1) is 0 Å². The van der Waals surface area contributed by atoms with Crippen LogP contribution < -0.4 is 11.1 Å². The number of likely N-dealkylation sites (tertiary alicyclic amines) is 1. The van der Waals surface area contributed by atoms with Crippen molar-refractivity contribution in [3.05, 3.63) is 41.5 Å². The standard InChI is InChI=1S/C18H27N3O/c1-3-14(4-2)12-21-9-8-15(13-21)11-20-18(22)16-6-5-7-17(19)10-16/h3,5-7,10,15H,4,8-9,11-13,19H2,1-2H3,(H,20,22)/b14-3+/t15-/m0/s1. The maximum atomic E-state index is 12.1. The van der Waals surface area contributed by atoms with Crippen molar-refractivity contribution < 1.29 is 4.79 Å². The molecule has 0 aromatic heterocycles. The van der Waals surface area contributed by atoms with Gasteiger partial charge in [-0.25, -0.2) is 0 Å². The third kappa shape index (κ3) is 4.60. The monoisotopic (exact) mass is 301 g/mol. The first-order chi connectivity index (χ1) is 10.6. The number of hydrogen-bond donors (Lipinski definition) is 2. The van der Waals surface area contributed by atoms with Crippen molar-refractivity contribution in [3.8, 4) is 0 Å². The maximum absolute atomic E-state index is 12.1. The highest BCUT2D eigenvalue weighted by Crippen LogP contribution is 2.18. The lowest BCUT2D eigenvalue weighted by Crippen LogP contribution is -2.31. The van der Waals surface area contributed by atoms with E-state index in [2.05, 4.69) is 30.1 Å². The molecule has 4 nitrogen and oxygen atoms in total. The van der Waals surface area contributed by atoms with Crippen molar-refractivity contribution in [1.82, 2.24) is 10.2 Å². The summed E-state index contributed by atoms with van der Waals surface area (Å²) in [6, 6.07) is 7.12. The summed E-state index contributed by atoms with van der Waals surface area (Å²) >= 11 is 0. The van der Waals surface area contributed by atoms with Gasteiger partial charge in [0, 0.05) is 30.9 Å². The molecule has 1 amide bonds. The van der Waals surface area contributed by atoms with Crippen molar-refractivity contribution in [2.75, 3.05) is 31.9 Å². The summed E-state index contributed by atoms with van der Waals surface area (Å²) in [6.45, 7) is 8.30. The van der Waals surface area contributed by atoms with E-state index in [1.165, 1.54) is 5.57 Å². The fourth-order valence-electron chi connectivity index (χ4n) is 2.94. The molecule has 1 heterocycles. The van der Waals surface area contributed by atoms with E-state index in [9.17, 15) is 4.79 Å². The Kier molecular flexibility index (Phi) is 6.01. The normalized spacial score (nSPS) is 19.4. The van der Waals surface area contributed by atoms with Crippen molar-refractivity contribution in [2.45, 2.75) is 26.7 Å². The average molecular weight is 301 g/mol. The van der Waals surface area contributed by atoms with Crippen LogP contribution in [0.1, 0.15) is 37.0 Å². The van der Waals surface area contributed by atoms with E-state index in [4.69, 9.17) is 5.73 Å². The molecule has 0 bridgehead atoms. The fraction of sp³-hybridized carbons (Fsp3) is 0.500. The Labute approximate surface area is 133 Å². The highest BCUT2D eigenvalue weighted by atomic mass is 16.1. The topological polar surface area (TPSA) is 58.4 Å². The summed E-state index contributed by atoms with van der Waals surface area (Å²) in [4.78, 5) is 14.6. The van der Waals surface area contributed by atoms with Crippen LogP contribution in [0.4, 0.5) is 5.69 Å². The van der Waals surface area contributed by atoms with Crippen molar-refractivity contribution in [1.29, 1.82) is 0 Å². The molecule has 1 aromatic rings. The number of nitrogen functional groups attached to an aromatic ring is 1. The Morgan fingerprint density at radius 1 is 1.50 bits per heavy atom. The van der Waals surface area contributed by atoms with Crippen LogP contribution in [0.15, 0.2) is 35.9 Å². The van der Waals surface area contributed by atoms with E-state index < -0.39 is 0 Å². The van der Waals surface area contributed by atoms with E-state index in [0.717, 1.165) is 39.0 Å². The van der Waals surface area contributed by atoms with Crippen LogP contribution in [-0.2, 0) is 0 Å². The number of nitrogens with two attached hydrogens (primary N) is 1. The number of allylic oxidation sites excluding steroid dienone is 1. The van der Waals surface area contributed by atoms with Crippen LogP contribution in [-0.4, -0.2) is 37.0 Å². The van der Waals surface area contributed by atoms with Crippen LogP contribution in [0.25, 0.3) is 0 Å². The number of benzene rings is 1. The van der Waals surface area contributed by atoms with Gasteiger partial charge in [0.1, 0.15) is 0 Å². The quantitative estimate of drug-likeness (QED) is 0.627. The zero-order chi connectivity index (χ0) is 15.9. The molecule has 1 aromatic carbocycles. The molecule has 1 fully saturated rings. The highest BCUT2D eigenvalue weighted by molar-refractivity contribution is 5.94. The van der Waals surface area contributed by atoms with Crippen LogP contribution in [0.3, 0.4) is 0 Å². The first-order valence-corrected chi connectivity index (χ1v) is 8.12. The zero-order valence-electron chi connectivity index (χ0n) is 13.6. The summed E-state index contributed by atoms with van der Waals surface area (Å²) in [5.41, 5.74) is 8.46. The first kappa shape index (κ1) is 16.6. The molecule has 0 aliphatic carbocycles. The van der Waals surface area contributed by atoms with Crippen LogP contribution in [0, 0.1) is 5.92 Å². The molecular weight excluding hydrogens is 274 g/mol. The molecular formula is C18H27N3O. The van der Waals surface area contributed by atoms with Crippen LogP contribution in [0.5, 0.6) is 0 Å². The Hall–Kier alpha value is -1.81. The Morgan fingerprint density at radius 2 is 2.32 bits per heavy atom. The van der Waals surface area contributed by atoms with Gasteiger partial charge in [0.25, 0.3) is 5.91 Å². The van der Waals surface area contributed by atoms with Crippen molar-refractivity contribution in [2.24, 2.45) is 5.92 Å². The minimum atomic E-state index is -0.0338. The number of nitrogens with zero attached hydrogens (tertiary/aromatic N) is 1. The van der Waals surface area contributed by atoms with Crippen molar-refractivity contribution >= 4 is 11.6 Å². The smallest absolute Gasteiger partial charge is 0.251 e. The number of carbonyl (C=O) groups is 1. The van der Waals surface area contributed by atoms with E-state index in [1.54, 1.807) is 18.2 Å². The number of rotatable bonds is 6. The molecule has 0 unspecified atom stereocenters. The van der Waals surface area contributed by atoms with E-state index >= 15 is 0 Å². The van der Waals surface area contributed by atoms with Gasteiger partial charge in [0.15, 0.2) is 0 Å². The van der Waals surface area contributed by atoms with Gasteiger partial charge < -0.3 is 11.1 Å². The SMILES string of the molecule is C/C=C(\CC)CN1CC[C@@H](CNC(=O)c2cccc(N)c2)C1. The highest BCUT2D eigenvalue weighted by Gasteiger charge is 2.23. The number of carbonyl (C=O) groups excluding carboxylic acids is 1. The Morgan fingerprint density at radius 3 is 3.00 bits per heavy atom. The van der Waals surface area contributed by atoms with Crippen LogP contribution in [0.2, 0.25) is 0 Å². The summed E-state index contributed by atoms with van der Waals surface area (Å²) in [7, 11) is 0. The Balaban J connectivity index is 1.77. The minimum Gasteiger partial charge on any atom is -0.399 e. The summed E-state index contributed by atoms with van der Waals surface area (Å²) in [5.74, 6) is 0.508. The third-order valence-electron chi connectivity index (χ3n) is 4.36. The molecule has 1 aliphatic heterocycles. The maximum Gasteiger partial charge on any atom is 0.251 e. The lowest BCUT2D eigenvalue weighted by Gasteiger charge is -2.17. The molecule has 1 atom stereocenters. The minimum absolute atomic E-state index is 0.0338.